The van der Waals surface area contributed by atoms with Crippen LogP contribution in [-0.2, 0) is 11.3 Å². The summed E-state index contributed by atoms with van der Waals surface area (Å²) >= 11 is 0. The molecule has 3 rings (SSSR count). The predicted octanol–water partition coefficient (Wildman–Crippen LogP) is 2.10. The lowest BCUT2D eigenvalue weighted by atomic mass is 10.2. The molecule has 1 atom stereocenters. The van der Waals surface area contributed by atoms with Crippen molar-refractivity contribution in [2.45, 2.75) is 19.0 Å². The molecule has 160 valence electrons. The summed E-state index contributed by atoms with van der Waals surface area (Å²) in [6, 6.07) is 18.6. The van der Waals surface area contributed by atoms with E-state index in [4.69, 9.17) is 4.74 Å². The SMILES string of the molecule is CN=C(NCc1cccc(OCC(=O)N(C)C)c1)NC1CCN(c2ccccc2)C1. The van der Waals surface area contributed by atoms with E-state index in [1.54, 1.807) is 21.1 Å². The van der Waals surface area contributed by atoms with Gasteiger partial charge in [0, 0.05) is 52.5 Å². The van der Waals surface area contributed by atoms with Crippen molar-refractivity contribution in [2.24, 2.45) is 4.99 Å². The number of ether oxygens (including phenoxy) is 1. The Bertz CT molecular complexity index is 854. The summed E-state index contributed by atoms with van der Waals surface area (Å²) < 4.78 is 5.59. The number of carbonyl (C=O) groups is 1. The second-order valence-corrected chi connectivity index (χ2v) is 7.56. The third kappa shape index (κ3) is 6.14. The highest BCUT2D eigenvalue weighted by Gasteiger charge is 2.23. The molecule has 1 aliphatic rings. The molecule has 1 saturated heterocycles. The van der Waals surface area contributed by atoms with Crippen LogP contribution in [0.4, 0.5) is 5.69 Å². The van der Waals surface area contributed by atoms with Crippen LogP contribution in [0.25, 0.3) is 0 Å². The van der Waals surface area contributed by atoms with E-state index < -0.39 is 0 Å². The second kappa shape index (κ2) is 10.5. The average molecular weight is 410 g/mol. The first kappa shape index (κ1) is 21.5. The molecule has 0 radical (unpaired) electrons. The lowest BCUT2D eigenvalue weighted by Gasteiger charge is -2.20. The third-order valence-corrected chi connectivity index (χ3v) is 5.09. The number of nitrogens with zero attached hydrogens (tertiary/aromatic N) is 3. The first-order valence-electron chi connectivity index (χ1n) is 10.2. The molecule has 2 N–H and O–H groups in total. The molecule has 1 fully saturated rings. The van der Waals surface area contributed by atoms with Crippen LogP contribution in [-0.4, -0.2) is 63.6 Å². The second-order valence-electron chi connectivity index (χ2n) is 7.56. The minimum atomic E-state index is -0.0655. The van der Waals surface area contributed by atoms with E-state index in [2.05, 4.69) is 44.8 Å². The zero-order valence-corrected chi connectivity index (χ0v) is 18.0. The van der Waals surface area contributed by atoms with Crippen LogP contribution in [0, 0.1) is 0 Å². The quantitative estimate of drug-likeness (QED) is 0.541. The lowest BCUT2D eigenvalue weighted by molar-refractivity contribution is -0.130. The van der Waals surface area contributed by atoms with Crippen LogP contribution >= 0.6 is 0 Å². The lowest BCUT2D eigenvalue weighted by Crippen LogP contribution is -2.44. The van der Waals surface area contributed by atoms with Gasteiger partial charge in [0.15, 0.2) is 12.6 Å². The Morgan fingerprint density at radius 1 is 1.20 bits per heavy atom. The van der Waals surface area contributed by atoms with Gasteiger partial charge in [-0.25, -0.2) is 0 Å². The first-order valence-corrected chi connectivity index (χ1v) is 10.2. The Labute approximate surface area is 178 Å². The number of para-hydroxylation sites is 1. The summed E-state index contributed by atoms with van der Waals surface area (Å²) in [4.78, 5) is 20.0. The normalized spacial score (nSPS) is 16.3. The maximum atomic E-state index is 11.7. The summed E-state index contributed by atoms with van der Waals surface area (Å²) in [5.41, 5.74) is 2.32. The fourth-order valence-corrected chi connectivity index (χ4v) is 3.34. The van der Waals surface area contributed by atoms with Crippen molar-refractivity contribution in [2.75, 3.05) is 45.7 Å². The molecular weight excluding hydrogens is 378 g/mol. The van der Waals surface area contributed by atoms with Crippen molar-refractivity contribution in [1.82, 2.24) is 15.5 Å². The molecule has 0 aliphatic carbocycles. The van der Waals surface area contributed by atoms with Gasteiger partial charge in [-0.15, -0.1) is 0 Å². The summed E-state index contributed by atoms with van der Waals surface area (Å²) in [5.74, 6) is 1.40. The highest BCUT2D eigenvalue weighted by molar-refractivity contribution is 5.80. The molecule has 0 aromatic heterocycles. The van der Waals surface area contributed by atoms with Gasteiger partial charge in [0.05, 0.1) is 0 Å². The number of likely N-dealkylation sites (N-methyl/N-ethyl adjacent to an activating group) is 1. The van der Waals surface area contributed by atoms with Gasteiger partial charge in [-0.2, -0.15) is 0 Å². The van der Waals surface area contributed by atoms with Crippen molar-refractivity contribution in [1.29, 1.82) is 0 Å². The van der Waals surface area contributed by atoms with Crippen LogP contribution in [0.5, 0.6) is 5.75 Å². The number of rotatable bonds is 7. The topological polar surface area (TPSA) is 69.2 Å². The van der Waals surface area contributed by atoms with Crippen LogP contribution in [0.15, 0.2) is 59.6 Å². The van der Waals surface area contributed by atoms with E-state index in [-0.39, 0.29) is 12.5 Å². The van der Waals surface area contributed by atoms with Crippen molar-refractivity contribution in [3.63, 3.8) is 0 Å². The molecular formula is C23H31N5O2. The molecule has 1 aliphatic heterocycles. The Morgan fingerprint density at radius 3 is 2.73 bits per heavy atom. The van der Waals surface area contributed by atoms with Gasteiger partial charge in [0.1, 0.15) is 5.75 Å². The monoisotopic (exact) mass is 409 g/mol. The fraction of sp³-hybridized carbons (Fsp3) is 0.391. The number of hydrogen-bond donors (Lipinski definition) is 2. The van der Waals surface area contributed by atoms with Gasteiger partial charge in [0.25, 0.3) is 5.91 Å². The van der Waals surface area contributed by atoms with Crippen molar-refractivity contribution in [3.8, 4) is 5.75 Å². The van der Waals surface area contributed by atoms with E-state index >= 15 is 0 Å². The van der Waals surface area contributed by atoms with Gasteiger partial charge in [-0.05, 0) is 36.2 Å². The molecule has 0 spiro atoms. The molecule has 0 saturated carbocycles. The van der Waals surface area contributed by atoms with Crippen molar-refractivity contribution < 1.29 is 9.53 Å². The fourth-order valence-electron chi connectivity index (χ4n) is 3.34. The average Bonchev–Trinajstić information content (AvgIpc) is 3.24. The van der Waals surface area contributed by atoms with Crippen LogP contribution in [0.1, 0.15) is 12.0 Å². The number of hydrogen-bond acceptors (Lipinski definition) is 4. The molecule has 2 aromatic carbocycles. The van der Waals surface area contributed by atoms with Gasteiger partial charge in [-0.3, -0.25) is 9.79 Å². The summed E-state index contributed by atoms with van der Waals surface area (Å²) in [7, 11) is 5.22. The van der Waals surface area contributed by atoms with E-state index in [9.17, 15) is 4.79 Å². The predicted molar refractivity (Wildman–Crippen MR) is 121 cm³/mol. The van der Waals surface area contributed by atoms with Gasteiger partial charge < -0.3 is 25.2 Å². The smallest absolute Gasteiger partial charge is 0.259 e. The number of nitrogens with one attached hydrogen (secondary N) is 2. The molecule has 30 heavy (non-hydrogen) atoms. The first-order chi connectivity index (χ1) is 14.5. The minimum Gasteiger partial charge on any atom is -0.484 e. The number of guanidine groups is 1. The zero-order valence-electron chi connectivity index (χ0n) is 18.0. The Hall–Kier alpha value is -3.22. The zero-order chi connectivity index (χ0) is 21.3. The number of aliphatic imine (C=N–C) groups is 1. The largest absolute Gasteiger partial charge is 0.484 e. The van der Waals surface area contributed by atoms with Crippen molar-refractivity contribution >= 4 is 17.6 Å². The van der Waals surface area contributed by atoms with Crippen LogP contribution in [0.3, 0.4) is 0 Å². The number of benzene rings is 2. The molecule has 1 heterocycles. The van der Waals surface area contributed by atoms with E-state index in [1.165, 1.54) is 10.6 Å². The standard InChI is InChI=1S/C23H31N5O2/c1-24-23(26-19-12-13-28(16-19)20-9-5-4-6-10-20)25-15-18-8-7-11-21(14-18)30-17-22(29)27(2)3/h4-11,14,19H,12-13,15-17H2,1-3H3,(H2,24,25,26). The summed E-state index contributed by atoms with van der Waals surface area (Å²) in [6.45, 7) is 2.64. The maximum Gasteiger partial charge on any atom is 0.259 e. The molecule has 1 amide bonds. The summed E-state index contributed by atoms with van der Waals surface area (Å²) in [5, 5.41) is 6.89. The summed E-state index contributed by atoms with van der Waals surface area (Å²) in [6.07, 6.45) is 1.07. The van der Waals surface area contributed by atoms with Gasteiger partial charge in [0.2, 0.25) is 0 Å². The number of carbonyl (C=O) groups excluding carboxylic acids is 1. The molecule has 0 bridgehead atoms. The van der Waals surface area contributed by atoms with E-state index in [1.807, 2.05) is 30.3 Å². The Kier molecular flexibility index (Phi) is 7.54. The molecule has 1 unspecified atom stereocenters. The van der Waals surface area contributed by atoms with Crippen molar-refractivity contribution in [3.05, 3.63) is 60.2 Å². The molecule has 7 heteroatoms. The molecule has 7 nitrogen and oxygen atoms in total. The minimum absolute atomic E-state index is 0.0344. The Balaban J connectivity index is 1.48. The highest BCUT2D eigenvalue weighted by Crippen LogP contribution is 2.19. The van der Waals surface area contributed by atoms with Gasteiger partial charge in [-0.1, -0.05) is 30.3 Å². The van der Waals surface area contributed by atoms with E-state index in [0.717, 1.165) is 31.0 Å². The Morgan fingerprint density at radius 2 is 2.00 bits per heavy atom. The molecule has 2 aromatic rings. The van der Waals surface area contributed by atoms with Gasteiger partial charge >= 0.3 is 0 Å². The van der Waals surface area contributed by atoms with Crippen LogP contribution in [0.2, 0.25) is 0 Å². The maximum absolute atomic E-state index is 11.7. The van der Waals surface area contributed by atoms with E-state index in [0.29, 0.717) is 18.3 Å². The number of amides is 1. The number of anilines is 1. The third-order valence-electron chi connectivity index (χ3n) is 5.09. The van der Waals surface area contributed by atoms with Crippen LogP contribution < -0.4 is 20.3 Å². The highest BCUT2D eigenvalue weighted by atomic mass is 16.5.